The Morgan fingerprint density at radius 1 is 1.45 bits per heavy atom. The highest BCUT2D eigenvalue weighted by Crippen LogP contribution is 2.31. The van der Waals surface area contributed by atoms with E-state index < -0.39 is 11.7 Å². The zero-order valence-electron chi connectivity index (χ0n) is 10.9. The topological polar surface area (TPSA) is 3.24 Å². The SMILES string of the molecule is CCC#C/C(=C\N(C)c1ccc(Cl)cc1Br)C(F)(F)F. The molecule has 1 aromatic rings. The molecular weight excluding hydrogens is 355 g/mol. The number of anilines is 1. The van der Waals surface area contributed by atoms with Crippen LogP contribution in [0.3, 0.4) is 0 Å². The zero-order chi connectivity index (χ0) is 15.3. The average molecular weight is 367 g/mol. The fourth-order valence-electron chi connectivity index (χ4n) is 1.39. The summed E-state index contributed by atoms with van der Waals surface area (Å²) in [5.41, 5.74) is -0.321. The molecule has 6 heteroatoms. The van der Waals surface area contributed by atoms with Crippen molar-refractivity contribution in [2.75, 3.05) is 11.9 Å². The highest BCUT2D eigenvalue weighted by atomic mass is 79.9. The summed E-state index contributed by atoms with van der Waals surface area (Å²) in [6.07, 6.45) is -3.15. The molecule has 20 heavy (non-hydrogen) atoms. The molecule has 0 atom stereocenters. The van der Waals surface area contributed by atoms with E-state index in [9.17, 15) is 13.2 Å². The van der Waals surface area contributed by atoms with Crippen molar-refractivity contribution in [3.8, 4) is 11.8 Å². The van der Waals surface area contributed by atoms with Crippen molar-refractivity contribution >= 4 is 33.2 Å². The lowest BCUT2D eigenvalue weighted by Crippen LogP contribution is -2.17. The molecular formula is C14H12BrClF3N. The molecule has 0 heterocycles. The summed E-state index contributed by atoms with van der Waals surface area (Å²) in [6, 6.07) is 4.85. The van der Waals surface area contributed by atoms with Crippen molar-refractivity contribution in [1.29, 1.82) is 0 Å². The molecule has 1 nitrogen and oxygen atoms in total. The van der Waals surface area contributed by atoms with Gasteiger partial charge in [0.25, 0.3) is 0 Å². The fraction of sp³-hybridized carbons (Fsp3) is 0.286. The summed E-state index contributed by atoms with van der Waals surface area (Å²) in [5, 5.41) is 0.500. The standard InChI is InChI=1S/C14H12BrClF3N/c1-3-4-5-10(14(17,18)19)9-20(2)13-7-6-11(16)8-12(13)15/h6-9H,3H2,1-2H3/b10-9+. The summed E-state index contributed by atoms with van der Waals surface area (Å²) in [7, 11) is 1.52. The van der Waals surface area contributed by atoms with Crippen LogP contribution in [0, 0.1) is 11.8 Å². The van der Waals surface area contributed by atoms with E-state index in [1.54, 1.807) is 25.1 Å². The van der Waals surface area contributed by atoms with Crippen molar-refractivity contribution in [3.63, 3.8) is 0 Å². The fourth-order valence-corrected chi connectivity index (χ4v) is 2.35. The number of alkyl halides is 3. The van der Waals surface area contributed by atoms with Gasteiger partial charge in [0.1, 0.15) is 5.57 Å². The third-order valence-electron chi connectivity index (χ3n) is 2.32. The van der Waals surface area contributed by atoms with Crippen LogP contribution in [0.15, 0.2) is 34.4 Å². The summed E-state index contributed by atoms with van der Waals surface area (Å²) in [5.74, 6) is 4.58. The number of hydrogen-bond donors (Lipinski definition) is 0. The van der Waals surface area contributed by atoms with E-state index in [1.165, 1.54) is 11.9 Å². The van der Waals surface area contributed by atoms with Gasteiger partial charge < -0.3 is 4.90 Å². The second kappa shape index (κ2) is 7.05. The van der Waals surface area contributed by atoms with Crippen LogP contribution < -0.4 is 4.90 Å². The Labute approximate surface area is 129 Å². The Hall–Kier alpha value is -1.12. The Kier molecular flexibility index (Phi) is 5.97. The van der Waals surface area contributed by atoms with Crippen molar-refractivity contribution in [3.05, 3.63) is 39.5 Å². The van der Waals surface area contributed by atoms with Crippen LogP contribution in [0.1, 0.15) is 13.3 Å². The monoisotopic (exact) mass is 365 g/mol. The minimum atomic E-state index is -4.48. The molecule has 0 bridgehead atoms. The van der Waals surface area contributed by atoms with Crippen LogP contribution in [-0.2, 0) is 0 Å². The molecule has 0 N–H and O–H groups in total. The van der Waals surface area contributed by atoms with Gasteiger partial charge in [-0.2, -0.15) is 13.2 Å². The smallest absolute Gasteiger partial charge is 0.349 e. The van der Waals surface area contributed by atoms with Gasteiger partial charge in [-0.3, -0.25) is 0 Å². The zero-order valence-corrected chi connectivity index (χ0v) is 13.2. The van der Waals surface area contributed by atoms with Crippen molar-refractivity contribution in [2.24, 2.45) is 0 Å². The lowest BCUT2D eigenvalue weighted by atomic mass is 10.2. The molecule has 0 aliphatic heterocycles. The first-order valence-electron chi connectivity index (χ1n) is 5.71. The largest absolute Gasteiger partial charge is 0.425 e. The van der Waals surface area contributed by atoms with Crippen LogP contribution in [0.25, 0.3) is 0 Å². The number of allylic oxidation sites excluding steroid dienone is 1. The summed E-state index contributed by atoms with van der Waals surface area (Å²) in [6.45, 7) is 1.69. The van der Waals surface area contributed by atoms with Gasteiger partial charge in [0.15, 0.2) is 0 Å². The van der Waals surface area contributed by atoms with Crippen LogP contribution in [0.5, 0.6) is 0 Å². The van der Waals surface area contributed by atoms with Crippen molar-refractivity contribution < 1.29 is 13.2 Å². The average Bonchev–Trinajstić information content (AvgIpc) is 2.32. The molecule has 0 aliphatic carbocycles. The highest BCUT2D eigenvalue weighted by molar-refractivity contribution is 9.10. The van der Waals surface area contributed by atoms with Gasteiger partial charge in [0, 0.05) is 29.2 Å². The molecule has 0 saturated carbocycles. The maximum atomic E-state index is 12.9. The van der Waals surface area contributed by atoms with E-state index in [-0.39, 0.29) is 0 Å². The van der Waals surface area contributed by atoms with E-state index in [4.69, 9.17) is 11.6 Å². The highest BCUT2D eigenvalue weighted by Gasteiger charge is 2.33. The van der Waals surface area contributed by atoms with E-state index in [0.717, 1.165) is 6.20 Å². The maximum Gasteiger partial charge on any atom is 0.425 e. The quantitative estimate of drug-likeness (QED) is 0.634. The second-order valence-corrected chi connectivity index (χ2v) is 5.19. The van der Waals surface area contributed by atoms with Crippen LogP contribution in [0.4, 0.5) is 18.9 Å². The second-order valence-electron chi connectivity index (χ2n) is 3.90. The Morgan fingerprint density at radius 3 is 2.60 bits per heavy atom. The number of nitrogens with zero attached hydrogens (tertiary/aromatic N) is 1. The predicted molar refractivity (Wildman–Crippen MR) is 79.8 cm³/mol. The lowest BCUT2D eigenvalue weighted by Gasteiger charge is -2.18. The van der Waals surface area contributed by atoms with Gasteiger partial charge in [-0.15, -0.1) is 0 Å². The van der Waals surface area contributed by atoms with Gasteiger partial charge in [-0.25, -0.2) is 0 Å². The molecule has 0 amide bonds. The molecule has 0 unspecified atom stereocenters. The first kappa shape index (κ1) is 16.9. The van der Waals surface area contributed by atoms with Gasteiger partial charge in [-0.05, 0) is 34.1 Å². The third-order valence-corrected chi connectivity index (χ3v) is 3.19. The van der Waals surface area contributed by atoms with Crippen LogP contribution >= 0.6 is 27.5 Å². The Balaban J connectivity index is 3.16. The van der Waals surface area contributed by atoms with E-state index >= 15 is 0 Å². The third kappa shape index (κ3) is 4.77. The molecule has 0 saturated heterocycles. The first-order chi connectivity index (χ1) is 9.25. The van der Waals surface area contributed by atoms with E-state index in [0.29, 0.717) is 21.6 Å². The van der Waals surface area contributed by atoms with Crippen molar-refractivity contribution in [2.45, 2.75) is 19.5 Å². The molecule has 0 aromatic heterocycles. The van der Waals surface area contributed by atoms with Gasteiger partial charge in [0.05, 0.1) is 5.69 Å². The molecule has 1 rings (SSSR count). The molecule has 1 aromatic carbocycles. The van der Waals surface area contributed by atoms with Gasteiger partial charge in [-0.1, -0.05) is 30.4 Å². The van der Waals surface area contributed by atoms with E-state index in [2.05, 4.69) is 27.8 Å². The van der Waals surface area contributed by atoms with Crippen LogP contribution in [0.2, 0.25) is 5.02 Å². The molecule has 0 aliphatic rings. The minimum absolute atomic E-state index is 0.363. The summed E-state index contributed by atoms with van der Waals surface area (Å²) < 4.78 is 39.2. The van der Waals surface area contributed by atoms with Crippen molar-refractivity contribution in [1.82, 2.24) is 0 Å². The molecule has 0 spiro atoms. The summed E-state index contributed by atoms with van der Waals surface area (Å²) in [4.78, 5) is 1.35. The molecule has 108 valence electrons. The Bertz CT molecular complexity index is 570. The number of halogens is 5. The minimum Gasteiger partial charge on any atom is -0.349 e. The number of hydrogen-bond acceptors (Lipinski definition) is 1. The molecule has 0 fully saturated rings. The van der Waals surface area contributed by atoms with Crippen LogP contribution in [-0.4, -0.2) is 13.2 Å². The maximum absolute atomic E-state index is 12.9. The Morgan fingerprint density at radius 2 is 2.10 bits per heavy atom. The number of benzene rings is 1. The van der Waals surface area contributed by atoms with Gasteiger partial charge >= 0.3 is 6.18 Å². The predicted octanol–water partition coefficient (Wildman–Crippen LogP) is 5.40. The summed E-state index contributed by atoms with van der Waals surface area (Å²) >= 11 is 9.07. The normalized spacial score (nSPS) is 11.8. The lowest BCUT2D eigenvalue weighted by molar-refractivity contribution is -0.0873. The number of rotatable bonds is 2. The van der Waals surface area contributed by atoms with Gasteiger partial charge in [0.2, 0.25) is 0 Å². The first-order valence-corrected chi connectivity index (χ1v) is 6.88. The van der Waals surface area contributed by atoms with E-state index in [1.807, 2.05) is 0 Å². The molecule has 0 radical (unpaired) electrons.